The third-order valence-electron chi connectivity index (χ3n) is 4.97. The zero-order valence-corrected chi connectivity index (χ0v) is 19.7. The molecule has 1 aromatic rings. The number of hydrogen-bond donors (Lipinski definition) is 7. The SMILES string of the molecule is CC(C)CC(NC(=O)C(CC(=O)O)NC(=O)C(Cc1cnc[nH]1)NC(=O)C(N)C(C)C)C(=O)O. The first-order valence-corrected chi connectivity index (χ1v) is 10.9. The van der Waals surface area contributed by atoms with Crippen LogP contribution in [0.25, 0.3) is 0 Å². The highest BCUT2D eigenvalue weighted by Gasteiger charge is 2.32. The van der Waals surface area contributed by atoms with Gasteiger partial charge in [-0.15, -0.1) is 0 Å². The van der Waals surface area contributed by atoms with Crippen LogP contribution in [0.1, 0.15) is 46.2 Å². The topological polar surface area (TPSA) is 217 Å². The van der Waals surface area contributed by atoms with Gasteiger partial charge in [0.25, 0.3) is 0 Å². The molecule has 4 atom stereocenters. The molecule has 4 unspecified atom stereocenters. The van der Waals surface area contributed by atoms with Gasteiger partial charge in [0.05, 0.1) is 18.8 Å². The molecule has 8 N–H and O–H groups in total. The number of aliphatic carboxylic acids is 2. The Bertz CT molecular complexity index is 856. The molecule has 0 aromatic carbocycles. The summed E-state index contributed by atoms with van der Waals surface area (Å²) >= 11 is 0. The van der Waals surface area contributed by atoms with E-state index in [-0.39, 0.29) is 24.7 Å². The highest BCUT2D eigenvalue weighted by atomic mass is 16.4. The maximum atomic E-state index is 13.0. The first-order valence-electron chi connectivity index (χ1n) is 10.9. The van der Waals surface area contributed by atoms with E-state index in [2.05, 4.69) is 25.9 Å². The Morgan fingerprint density at radius 2 is 1.50 bits per heavy atom. The number of carboxylic acid groups (broad SMARTS) is 2. The maximum Gasteiger partial charge on any atom is 0.326 e. The molecule has 0 aliphatic rings. The van der Waals surface area contributed by atoms with Crippen molar-refractivity contribution >= 4 is 29.7 Å². The summed E-state index contributed by atoms with van der Waals surface area (Å²) in [4.78, 5) is 67.6. The Morgan fingerprint density at radius 1 is 0.941 bits per heavy atom. The van der Waals surface area contributed by atoms with E-state index in [9.17, 15) is 34.2 Å². The lowest BCUT2D eigenvalue weighted by Gasteiger charge is -2.25. The van der Waals surface area contributed by atoms with E-state index in [1.165, 1.54) is 12.5 Å². The largest absolute Gasteiger partial charge is 0.481 e. The van der Waals surface area contributed by atoms with Gasteiger partial charge in [-0.1, -0.05) is 27.7 Å². The average Bonchev–Trinajstić information content (AvgIpc) is 3.23. The summed E-state index contributed by atoms with van der Waals surface area (Å²) in [5.74, 6) is -5.34. The Kier molecular flexibility index (Phi) is 11.2. The van der Waals surface area contributed by atoms with Gasteiger partial charge in [-0.05, 0) is 18.3 Å². The maximum absolute atomic E-state index is 13.0. The minimum Gasteiger partial charge on any atom is -0.481 e. The van der Waals surface area contributed by atoms with Crippen LogP contribution in [0.2, 0.25) is 0 Å². The third-order valence-corrected chi connectivity index (χ3v) is 4.97. The minimum atomic E-state index is -1.57. The zero-order chi connectivity index (χ0) is 26.0. The molecule has 0 aliphatic carbocycles. The van der Waals surface area contributed by atoms with Crippen molar-refractivity contribution in [3.05, 3.63) is 18.2 Å². The van der Waals surface area contributed by atoms with Gasteiger partial charge in [-0.2, -0.15) is 0 Å². The van der Waals surface area contributed by atoms with E-state index >= 15 is 0 Å². The monoisotopic (exact) mass is 482 g/mol. The van der Waals surface area contributed by atoms with E-state index in [1.807, 2.05) is 0 Å². The summed E-state index contributed by atoms with van der Waals surface area (Å²) in [7, 11) is 0. The molecule has 0 spiro atoms. The van der Waals surface area contributed by atoms with Crippen molar-refractivity contribution in [3.63, 3.8) is 0 Å². The van der Waals surface area contributed by atoms with Gasteiger partial charge in [0.15, 0.2) is 0 Å². The van der Waals surface area contributed by atoms with E-state index in [1.54, 1.807) is 27.7 Å². The molecule has 1 aromatic heterocycles. The van der Waals surface area contributed by atoms with Crippen molar-refractivity contribution in [3.8, 4) is 0 Å². The van der Waals surface area contributed by atoms with Gasteiger partial charge < -0.3 is 36.9 Å². The van der Waals surface area contributed by atoms with Crippen molar-refractivity contribution in [1.82, 2.24) is 25.9 Å². The molecule has 0 saturated carbocycles. The first kappa shape index (κ1) is 28.6. The standard InChI is InChI=1S/C21H34N6O7/c1-10(2)5-15(21(33)34)27-19(31)14(7-16(28)29)25-18(30)13(6-12-8-23-9-24-12)26-20(32)17(22)11(3)4/h8-11,13-15,17H,5-7,22H2,1-4H3,(H,23,24)(H,25,30)(H,26,32)(H,27,31)(H,28,29)(H,33,34). The summed E-state index contributed by atoms with van der Waals surface area (Å²) in [6.07, 6.45) is 2.12. The van der Waals surface area contributed by atoms with Crippen LogP contribution >= 0.6 is 0 Å². The first-order chi connectivity index (χ1) is 15.8. The van der Waals surface area contributed by atoms with Crippen LogP contribution in [0, 0.1) is 11.8 Å². The molecular formula is C21H34N6O7. The number of H-pyrrole nitrogens is 1. The number of hydrogen-bond acceptors (Lipinski definition) is 7. The van der Waals surface area contributed by atoms with Crippen LogP contribution in [0.15, 0.2) is 12.5 Å². The van der Waals surface area contributed by atoms with Crippen LogP contribution in [-0.2, 0) is 30.4 Å². The van der Waals surface area contributed by atoms with Crippen molar-refractivity contribution < 1.29 is 34.2 Å². The second-order valence-electron chi connectivity index (χ2n) is 8.80. The molecule has 34 heavy (non-hydrogen) atoms. The lowest BCUT2D eigenvalue weighted by molar-refractivity contribution is -0.144. The summed E-state index contributed by atoms with van der Waals surface area (Å²) < 4.78 is 0. The zero-order valence-electron chi connectivity index (χ0n) is 19.7. The van der Waals surface area contributed by atoms with Gasteiger partial charge >= 0.3 is 11.9 Å². The lowest BCUT2D eigenvalue weighted by atomic mass is 10.0. The minimum absolute atomic E-state index is 0.0328. The van der Waals surface area contributed by atoms with Crippen LogP contribution in [0.5, 0.6) is 0 Å². The second kappa shape index (κ2) is 13.3. The number of imidazole rings is 1. The van der Waals surface area contributed by atoms with E-state index in [0.29, 0.717) is 5.69 Å². The van der Waals surface area contributed by atoms with Crippen molar-refractivity contribution in [2.75, 3.05) is 0 Å². The van der Waals surface area contributed by atoms with Gasteiger partial charge in [0.1, 0.15) is 18.1 Å². The fraction of sp³-hybridized carbons (Fsp3) is 0.619. The number of aromatic amines is 1. The molecule has 190 valence electrons. The molecule has 0 radical (unpaired) electrons. The predicted molar refractivity (Wildman–Crippen MR) is 120 cm³/mol. The third kappa shape index (κ3) is 9.57. The fourth-order valence-electron chi connectivity index (χ4n) is 3.02. The molecule has 13 heteroatoms. The molecule has 0 aliphatic heterocycles. The molecule has 1 rings (SSSR count). The molecule has 1 heterocycles. The number of nitrogens with two attached hydrogens (primary N) is 1. The van der Waals surface area contributed by atoms with E-state index in [0.717, 1.165) is 0 Å². The Morgan fingerprint density at radius 3 is 1.97 bits per heavy atom. The van der Waals surface area contributed by atoms with Crippen molar-refractivity contribution in [1.29, 1.82) is 0 Å². The van der Waals surface area contributed by atoms with Crippen molar-refractivity contribution in [2.24, 2.45) is 17.6 Å². The predicted octanol–water partition coefficient (Wildman–Crippen LogP) is -1.00. The van der Waals surface area contributed by atoms with Crippen molar-refractivity contribution in [2.45, 2.75) is 71.1 Å². The number of carboxylic acids is 2. The average molecular weight is 483 g/mol. The fourth-order valence-corrected chi connectivity index (χ4v) is 3.02. The van der Waals surface area contributed by atoms with Gasteiger partial charge in [-0.25, -0.2) is 9.78 Å². The van der Waals surface area contributed by atoms with E-state index in [4.69, 9.17) is 5.73 Å². The summed E-state index contributed by atoms with van der Waals surface area (Å²) in [6, 6.07) is -4.93. The summed E-state index contributed by atoms with van der Waals surface area (Å²) in [5, 5.41) is 25.7. The number of rotatable bonds is 14. The van der Waals surface area contributed by atoms with Crippen LogP contribution in [-0.4, -0.2) is 74.0 Å². The molecule has 0 fully saturated rings. The Balaban J connectivity index is 3.07. The van der Waals surface area contributed by atoms with Gasteiger partial charge in [0.2, 0.25) is 17.7 Å². The number of carbonyl (C=O) groups is 5. The van der Waals surface area contributed by atoms with Crippen LogP contribution in [0.3, 0.4) is 0 Å². The Hall–Kier alpha value is -3.48. The number of carbonyl (C=O) groups excluding carboxylic acids is 3. The smallest absolute Gasteiger partial charge is 0.326 e. The van der Waals surface area contributed by atoms with Gasteiger partial charge in [-0.3, -0.25) is 19.2 Å². The van der Waals surface area contributed by atoms with Crippen LogP contribution in [0.4, 0.5) is 0 Å². The summed E-state index contributed by atoms with van der Waals surface area (Å²) in [6.45, 7) is 7.00. The molecule has 0 bridgehead atoms. The highest BCUT2D eigenvalue weighted by Crippen LogP contribution is 2.07. The highest BCUT2D eigenvalue weighted by molar-refractivity contribution is 5.95. The normalized spacial score (nSPS) is 14.7. The van der Waals surface area contributed by atoms with Crippen LogP contribution < -0.4 is 21.7 Å². The van der Waals surface area contributed by atoms with Gasteiger partial charge in [0, 0.05) is 18.3 Å². The number of nitrogens with zero attached hydrogens (tertiary/aromatic N) is 1. The van der Waals surface area contributed by atoms with E-state index < -0.39 is 60.2 Å². The number of amides is 3. The number of nitrogens with one attached hydrogen (secondary N) is 4. The molecule has 13 nitrogen and oxygen atoms in total. The lowest BCUT2D eigenvalue weighted by Crippen LogP contribution is -2.58. The second-order valence-corrected chi connectivity index (χ2v) is 8.80. The Labute approximate surface area is 197 Å². The quantitative estimate of drug-likeness (QED) is 0.173. The molecule has 0 saturated heterocycles. The molecular weight excluding hydrogens is 448 g/mol. The molecule has 3 amide bonds. The number of aromatic nitrogens is 2. The summed E-state index contributed by atoms with van der Waals surface area (Å²) in [5.41, 5.74) is 6.36.